The first-order chi connectivity index (χ1) is 13.7. The van der Waals surface area contributed by atoms with E-state index in [2.05, 4.69) is 10.1 Å². The summed E-state index contributed by atoms with van der Waals surface area (Å²) in [4.78, 5) is 9.05. The minimum atomic E-state index is -4.72. The second-order valence-electron chi connectivity index (χ2n) is 6.76. The van der Waals surface area contributed by atoms with Gasteiger partial charge in [0.05, 0.1) is 12.0 Å². The molecule has 1 unspecified atom stereocenters. The molecule has 0 N–H and O–H groups in total. The molecule has 150 valence electrons. The number of benzene rings is 2. The number of hydrogen-bond acceptors (Lipinski definition) is 3. The van der Waals surface area contributed by atoms with Crippen molar-refractivity contribution < 1.29 is 18.0 Å². The molecule has 3 aromatic rings. The van der Waals surface area contributed by atoms with Gasteiger partial charge in [-0.3, -0.25) is 0 Å². The van der Waals surface area contributed by atoms with E-state index in [-0.39, 0.29) is 21.3 Å². The van der Waals surface area contributed by atoms with Crippen molar-refractivity contribution in [3.63, 3.8) is 0 Å². The molecule has 29 heavy (non-hydrogen) atoms. The Balaban J connectivity index is 1.71. The number of oxime groups is 1. The van der Waals surface area contributed by atoms with Gasteiger partial charge in [0, 0.05) is 40.1 Å². The van der Waals surface area contributed by atoms with Crippen molar-refractivity contribution in [1.29, 1.82) is 0 Å². The van der Waals surface area contributed by atoms with E-state index in [0.29, 0.717) is 5.56 Å². The number of imidazole rings is 1. The van der Waals surface area contributed by atoms with Crippen LogP contribution in [0.25, 0.3) is 5.69 Å². The Labute approximate surface area is 174 Å². The van der Waals surface area contributed by atoms with Gasteiger partial charge in [-0.15, -0.1) is 0 Å². The fraction of sp³-hybridized carbons (Fsp3) is 0.200. The second kappa shape index (κ2) is 7.07. The Morgan fingerprint density at radius 1 is 1.10 bits per heavy atom. The highest BCUT2D eigenvalue weighted by atomic mass is 35.5. The first kappa shape index (κ1) is 19.8. The number of alkyl halides is 3. The van der Waals surface area contributed by atoms with Crippen molar-refractivity contribution in [1.82, 2.24) is 9.55 Å². The molecule has 9 heteroatoms. The maximum absolute atomic E-state index is 14.1. The van der Waals surface area contributed by atoms with Crippen molar-refractivity contribution in [2.45, 2.75) is 25.1 Å². The van der Waals surface area contributed by atoms with Crippen LogP contribution >= 0.6 is 23.2 Å². The lowest BCUT2D eigenvalue weighted by atomic mass is 9.86. The third-order valence-electron chi connectivity index (χ3n) is 4.83. The van der Waals surface area contributed by atoms with E-state index >= 15 is 0 Å². The van der Waals surface area contributed by atoms with Crippen LogP contribution in [0.5, 0.6) is 0 Å². The summed E-state index contributed by atoms with van der Waals surface area (Å²) in [6, 6.07) is 9.06. The van der Waals surface area contributed by atoms with Crippen LogP contribution < -0.4 is 0 Å². The second-order valence-corrected chi connectivity index (χ2v) is 7.63. The Morgan fingerprint density at radius 3 is 2.41 bits per heavy atom. The van der Waals surface area contributed by atoms with E-state index in [1.54, 1.807) is 36.9 Å². The molecule has 0 amide bonds. The fourth-order valence-corrected chi connectivity index (χ4v) is 3.90. The summed E-state index contributed by atoms with van der Waals surface area (Å²) >= 11 is 11.9. The van der Waals surface area contributed by atoms with Gasteiger partial charge in [-0.05, 0) is 48.4 Å². The van der Waals surface area contributed by atoms with Gasteiger partial charge < -0.3 is 9.40 Å². The number of aryl methyl sites for hydroxylation is 1. The van der Waals surface area contributed by atoms with E-state index in [9.17, 15) is 13.2 Å². The van der Waals surface area contributed by atoms with Gasteiger partial charge in [0.2, 0.25) is 0 Å². The number of rotatable bonds is 3. The molecule has 4 rings (SSSR count). The molecule has 0 saturated heterocycles. The lowest BCUT2D eigenvalue weighted by molar-refractivity contribution is -0.275. The standard InChI is InChI=1S/C20H14Cl2F3N3O/c1-12-6-13(2-3-18(12)28-5-4-26-11-28)17-10-19(29-27-17,20(23,24)25)14-7-15(21)9-16(22)8-14/h2-9,11H,10H2,1H3. The largest absolute Gasteiger partial charge is 0.435 e. The van der Waals surface area contributed by atoms with E-state index in [1.807, 2.05) is 11.5 Å². The molecule has 0 radical (unpaired) electrons. The van der Waals surface area contributed by atoms with Gasteiger partial charge in [0.25, 0.3) is 5.60 Å². The average Bonchev–Trinajstić information content (AvgIpc) is 3.31. The van der Waals surface area contributed by atoms with Crippen LogP contribution in [-0.2, 0) is 10.4 Å². The van der Waals surface area contributed by atoms with Gasteiger partial charge in [-0.25, -0.2) is 4.98 Å². The van der Waals surface area contributed by atoms with Crippen molar-refractivity contribution in [3.05, 3.63) is 81.9 Å². The number of aromatic nitrogens is 2. The summed E-state index contributed by atoms with van der Waals surface area (Å²) in [6.07, 6.45) is -0.128. The van der Waals surface area contributed by atoms with E-state index in [1.165, 1.54) is 18.2 Å². The maximum Gasteiger partial charge on any atom is 0.435 e. The topological polar surface area (TPSA) is 39.4 Å². The maximum atomic E-state index is 14.1. The molecule has 0 fully saturated rings. The predicted octanol–water partition coefficient (Wildman–Crippen LogP) is 6.07. The van der Waals surface area contributed by atoms with Gasteiger partial charge in [0.1, 0.15) is 0 Å². The molecule has 1 aliphatic rings. The molecule has 1 aromatic heterocycles. The zero-order chi connectivity index (χ0) is 20.8. The minimum absolute atomic E-state index is 0.0914. The van der Waals surface area contributed by atoms with E-state index in [4.69, 9.17) is 28.0 Å². The van der Waals surface area contributed by atoms with Crippen LogP contribution in [0.15, 0.2) is 60.3 Å². The van der Waals surface area contributed by atoms with Gasteiger partial charge in [-0.1, -0.05) is 34.4 Å². The minimum Gasteiger partial charge on any atom is -0.374 e. The summed E-state index contributed by atoms with van der Waals surface area (Å²) < 4.78 is 44.1. The van der Waals surface area contributed by atoms with Crippen LogP contribution in [0, 0.1) is 6.92 Å². The van der Waals surface area contributed by atoms with E-state index in [0.717, 1.165) is 11.3 Å². The van der Waals surface area contributed by atoms with E-state index < -0.39 is 18.2 Å². The van der Waals surface area contributed by atoms with Crippen LogP contribution in [0.1, 0.15) is 23.1 Å². The summed E-state index contributed by atoms with van der Waals surface area (Å²) in [5.41, 5.74) is -0.362. The van der Waals surface area contributed by atoms with Crippen LogP contribution in [-0.4, -0.2) is 21.4 Å². The van der Waals surface area contributed by atoms with Crippen LogP contribution in [0.4, 0.5) is 13.2 Å². The molecule has 1 atom stereocenters. The number of nitrogens with zero attached hydrogens (tertiary/aromatic N) is 3. The Hall–Kier alpha value is -2.51. The highest BCUT2D eigenvalue weighted by Crippen LogP contribution is 2.49. The predicted molar refractivity (Wildman–Crippen MR) is 105 cm³/mol. The highest BCUT2D eigenvalue weighted by Gasteiger charge is 2.62. The fourth-order valence-electron chi connectivity index (χ4n) is 3.37. The van der Waals surface area contributed by atoms with Crippen LogP contribution in [0.2, 0.25) is 10.0 Å². The molecule has 2 aromatic carbocycles. The molecular formula is C20H14Cl2F3N3O. The third-order valence-corrected chi connectivity index (χ3v) is 5.26. The van der Waals surface area contributed by atoms with Crippen molar-refractivity contribution in [3.8, 4) is 5.69 Å². The van der Waals surface area contributed by atoms with Crippen molar-refractivity contribution in [2.75, 3.05) is 0 Å². The summed E-state index contributed by atoms with van der Waals surface area (Å²) in [5.74, 6) is 0. The smallest absolute Gasteiger partial charge is 0.374 e. The number of hydrogen-bond donors (Lipinski definition) is 0. The lowest BCUT2D eigenvalue weighted by Crippen LogP contribution is -2.42. The average molecular weight is 440 g/mol. The Bertz CT molecular complexity index is 1080. The summed E-state index contributed by atoms with van der Waals surface area (Å²) in [5, 5.41) is 3.97. The molecule has 0 aliphatic carbocycles. The molecule has 0 saturated carbocycles. The Morgan fingerprint density at radius 2 is 1.83 bits per heavy atom. The zero-order valence-electron chi connectivity index (χ0n) is 15.0. The number of halogens is 5. The van der Waals surface area contributed by atoms with Crippen molar-refractivity contribution in [2.24, 2.45) is 5.16 Å². The van der Waals surface area contributed by atoms with Gasteiger partial charge in [-0.2, -0.15) is 13.2 Å². The zero-order valence-corrected chi connectivity index (χ0v) is 16.6. The monoisotopic (exact) mass is 439 g/mol. The van der Waals surface area contributed by atoms with Gasteiger partial charge >= 0.3 is 6.18 Å². The first-order valence-corrected chi connectivity index (χ1v) is 9.33. The normalized spacial score (nSPS) is 19.2. The lowest BCUT2D eigenvalue weighted by Gasteiger charge is -2.29. The highest BCUT2D eigenvalue weighted by molar-refractivity contribution is 6.34. The molecule has 0 spiro atoms. The van der Waals surface area contributed by atoms with Crippen molar-refractivity contribution >= 4 is 28.9 Å². The first-order valence-electron chi connectivity index (χ1n) is 8.57. The van der Waals surface area contributed by atoms with Gasteiger partial charge in [0.15, 0.2) is 0 Å². The third kappa shape index (κ3) is 3.49. The molecule has 1 aliphatic heterocycles. The SMILES string of the molecule is Cc1cc(C2=NOC(c3cc(Cl)cc(Cl)c3)(C(F)(F)F)C2)ccc1-n1ccnc1. The quantitative estimate of drug-likeness (QED) is 0.496. The molecule has 2 heterocycles. The summed E-state index contributed by atoms with van der Waals surface area (Å²) in [6.45, 7) is 1.86. The molecule has 0 bridgehead atoms. The Kier molecular flexibility index (Phi) is 4.83. The van der Waals surface area contributed by atoms with Crippen LogP contribution in [0.3, 0.4) is 0 Å². The molecule has 4 nitrogen and oxygen atoms in total. The summed E-state index contributed by atoms with van der Waals surface area (Å²) in [7, 11) is 0. The molecular weight excluding hydrogens is 426 g/mol.